The van der Waals surface area contributed by atoms with E-state index in [-0.39, 0.29) is 29.8 Å². The quantitative estimate of drug-likeness (QED) is 0.697. The molecule has 2 N–H and O–H groups in total. The molecule has 0 aliphatic carbocycles. The maximum Gasteiger partial charge on any atom is 0.317 e. The Morgan fingerprint density at radius 1 is 1.36 bits per heavy atom. The Bertz CT molecular complexity index is 651. The molecular formula is C16H25ClN2O5S. The number of ether oxygens (including phenoxy) is 1. The third kappa shape index (κ3) is 6.14. The minimum absolute atomic E-state index is 0. The van der Waals surface area contributed by atoms with Crippen molar-refractivity contribution in [3.05, 3.63) is 24.3 Å². The molecule has 1 aliphatic rings. The molecule has 1 aromatic carbocycles. The van der Waals surface area contributed by atoms with Crippen molar-refractivity contribution < 1.29 is 23.1 Å². The molecule has 0 spiro atoms. The average molecular weight is 393 g/mol. The van der Waals surface area contributed by atoms with Gasteiger partial charge in [-0.15, -0.1) is 12.4 Å². The van der Waals surface area contributed by atoms with Gasteiger partial charge in [0.2, 0.25) is 10.0 Å². The first-order chi connectivity index (χ1) is 11.4. The Balaban J connectivity index is 0.00000312. The van der Waals surface area contributed by atoms with Crippen molar-refractivity contribution in [1.29, 1.82) is 0 Å². The highest BCUT2D eigenvalue weighted by molar-refractivity contribution is 7.89. The van der Waals surface area contributed by atoms with Gasteiger partial charge in [0.25, 0.3) is 0 Å². The second kappa shape index (κ2) is 9.96. The Morgan fingerprint density at radius 2 is 2.04 bits per heavy atom. The number of nitrogens with zero attached hydrogens (tertiary/aromatic N) is 1. The normalized spacial score (nSPS) is 18.4. The van der Waals surface area contributed by atoms with Gasteiger partial charge in [0.15, 0.2) is 0 Å². The van der Waals surface area contributed by atoms with Gasteiger partial charge in [0.05, 0.1) is 18.0 Å². The van der Waals surface area contributed by atoms with Crippen molar-refractivity contribution in [3.8, 4) is 5.75 Å². The highest BCUT2D eigenvalue weighted by Crippen LogP contribution is 2.24. The van der Waals surface area contributed by atoms with Gasteiger partial charge >= 0.3 is 5.97 Å². The fourth-order valence-electron chi connectivity index (χ4n) is 2.82. The minimum atomic E-state index is -3.53. The molecule has 1 heterocycles. The number of nitrogens with one attached hydrogen (secondary N) is 1. The van der Waals surface area contributed by atoms with Gasteiger partial charge in [-0.1, -0.05) is 0 Å². The van der Waals surface area contributed by atoms with Crippen molar-refractivity contribution >= 4 is 28.4 Å². The van der Waals surface area contributed by atoms with Crippen LogP contribution in [0.2, 0.25) is 0 Å². The molecule has 7 nitrogen and oxygen atoms in total. The molecule has 1 saturated heterocycles. The third-order valence-electron chi connectivity index (χ3n) is 3.96. The summed E-state index contributed by atoms with van der Waals surface area (Å²) in [5.41, 5.74) is 0. The highest BCUT2D eigenvalue weighted by Gasteiger charge is 2.30. The summed E-state index contributed by atoms with van der Waals surface area (Å²) >= 11 is 0. The Labute approximate surface area is 154 Å². The second-order valence-corrected chi connectivity index (χ2v) is 7.74. The maximum absolute atomic E-state index is 12.8. The SMILES string of the molecule is CCOc1ccc(S(=O)(=O)N2CCCC(CNCC(=O)O)C2)cc1.Cl. The molecule has 142 valence electrons. The number of hydrogen-bond acceptors (Lipinski definition) is 5. The van der Waals surface area contributed by atoms with Crippen molar-refractivity contribution in [2.75, 3.05) is 32.8 Å². The highest BCUT2D eigenvalue weighted by atomic mass is 35.5. The van der Waals surface area contributed by atoms with Gasteiger partial charge in [-0.25, -0.2) is 8.42 Å². The van der Waals surface area contributed by atoms with E-state index in [4.69, 9.17) is 9.84 Å². The number of aliphatic carboxylic acids is 1. The van der Waals surface area contributed by atoms with Crippen LogP contribution in [0.3, 0.4) is 0 Å². The zero-order chi connectivity index (χ0) is 17.6. The fraction of sp³-hybridized carbons (Fsp3) is 0.562. The molecule has 25 heavy (non-hydrogen) atoms. The van der Waals surface area contributed by atoms with Crippen molar-refractivity contribution in [1.82, 2.24) is 9.62 Å². The number of piperidine rings is 1. The molecular weight excluding hydrogens is 368 g/mol. The summed E-state index contributed by atoms with van der Waals surface area (Å²) < 4.78 is 32.3. The van der Waals surface area contributed by atoms with Gasteiger partial charge in [-0.05, 0) is 56.5 Å². The smallest absolute Gasteiger partial charge is 0.317 e. The van der Waals surface area contributed by atoms with Crippen LogP contribution in [0, 0.1) is 5.92 Å². The van der Waals surface area contributed by atoms with Crippen molar-refractivity contribution in [3.63, 3.8) is 0 Å². The molecule has 9 heteroatoms. The van der Waals surface area contributed by atoms with Gasteiger partial charge in [0, 0.05) is 13.1 Å². The van der Waals surface area contributed by atoms with E-state index < -0.39 is 16.0 Å². The summed E-state index contributed by atoms with van der Waals surface area (Å²) in [5, 5.41) is 11.5. The van der Waals surface area contributed by atoms with E-state index in [2.05, 4.69) is 5.32 Å². The van der Waals surface area contributed by atoms with E-state index >= 15 is 0 Å². The van der Waals surface area contributed by atoms with Crippen LogP contribution in [0.4, 0.5) is 0 Å². The number of carboxylic acid groups (broad SMARTS) is 1. The van der Waals surface area contributed by atoms with Crippen LogP contribution >= 0.6 is 12.4 Å². The first-order valence-electron chi connectivity index (χ1n) is 8.09. The summed E-state index contributed by atoms with van der Waals surface area (Å²) in [6, 6.07) is 6.44. The fourth-order valence-corrected chi connectivity index (χ4v) is 4.37. The maximum atomic E-state index is 12.8. The summed E-state index contributed by atoms with van der Waals surface area (Å²) in [4.78, 5) is 10.8. The lowest BCUT2D eigenvalue weighted by molar-refractivity contribution is -0.136. The molecule has 2 rings (SSSR count). The van der Waals surface area contributed by atoms with Crippen LogP contribution in [0.5, 0.6) is 5.75 Å². The Morgan fingerprint density at radius 3 is 2.64 bits per heavy atom. The van der Waals surface area contributed by atoms with E-state index in [0.717, 1.165) is 12.8 Å². The zero-order valence-electron chi connectivity index (χ0n) is 14.2. The predicted octanol–water partition coefficient (Wildman–Crippen LogP) is 1.58. The van der Waals surface area contributed by atoms with Gasteiger partial charge in [-0.3, -0.25) is 4.79 Å². The topological polar surface area (TPSA) is 95.9 Å². The summed E-state index contributed by atoms with van der Waals surface area (Å²) in [6.45, 7) is 3.69. The number of sulfonamides is 1. The van der Waals surface area contributed by atoms with Crippen LogP contribution in [0.15, 0.2) is 29.2 Å². The van der Waals surface area contributed by atoms with Crippen LogP contribution < -0.4 is 10.1 Å². The van der Waals surface area contributed by atoms with Gasteiger partial charge in [-0.2, -0.15) is 4.31 Å². The minimum Gasteiger partial charge on any atom is -0.494 e. The Hall–Kier alpha value is -1.35. The van der Waals surface area contributed by atoms with E-state index in [0.29, 0.717) is 32.0 Å². The average Bonchev–Trinajstić information content (AvgIpc) is 2.56. The van der Waals surface area contributed by atoms with Crippen LogP contribution in [-0.4, -0.2) is 56.6 Å². The largest absolute Gasteiger partial charge is 0.494 e. The lowest BCUT2D eigenvalue weighted by Crippen LogP contribution is -2.43. The van der Waals surface area contributed by atoms with E-state index in [1.165, 1.54) is 4.31 Å². The molecule has 0 bridgehead atoms. The third-order valence-corrected chi connectivity index (χ3v) is 5.84. The molecule has 0 aromatic heterocycles. The molecule has 1 aromatic rings. The van der Waals surface area contributed by atoms with E-state index in [9.17, 15) is 13.2 Å². The lowest BCUT2D eigenvalue weighted by Gasteiger charge is -2.32. The molecule has 0 radical (unpaired) electrons. The molecule has 1 aliphatic heterocycles. The number of rotatable bonds is 8. The molecule has 1 unspecified atom stereocenters. The first kappa shape index (κ1) is 21.7. The Kier molecular flexibility index (Phi) is 8.64. The summed E-state index contributed by atoms with van der Waals surface area (Å²) in [7, 11) is -3.53. The van der Waals surface area contributed by atoms with Gasteiger partial charge < -0.3 is 15.2 Å². The van der Waals surface area contributed by atoms with Crippen LogP contribution in [0.1, 0.15) is 19.8 Å². The predicted molar refractivity (Wildman–Crippen MR) is 96.8 cm³/mol. The monoisotopic (exact) mass is 392 g/mol. The molecule has 1 fully saturated rings. The zero-order valence-corrected chi connectivity index (χ0v) is 15.8. The number of halogens is 1. The number of carbonyl (C=O) groups is 1. The second-order valence-electron chi connectivity index (χ2n) is 5.80. The first-order valence-corrected chi connectivity index (χ1v) is 9.53. The number of benzene rings is 1. The molecule has 0 amide bonds. The van der Waals surface area contributed by atoms with Crippen LogP contribution in [-0.2, 0) is 14.8 Å². The van der Waals surface area contributed by atoms with Crippen molar-refractivity contribution in [2.24, 2.45) is 5.92 Å². The number of hydrogen-bond donors (Lipinski definition) is 2. The van der Waals surface area contributed by atoms with Gasteiger partial charge in [0.1, 0.15) is 5.75 Å². The van der Waals surface area contributed by atoms with E-state index in [1.54, 1.807) is 24.3 Å². The molecule has 1 atom stereocenters. The molecule has 0 saturated carbocycles. The van der Waals surface area contributed by atoms with Crippen molar-refractivity contribution in [2.45, 2.75) is 24.7 Å². The summed E-state index contributed by atoms with van der Waals surface area (Å²) in [6.07, 6.45) is 1.66. The summed E-state index contributed by atoms with van der Waals surface area (Å²) in [5.74, 6) is -0.147. The van der Waals surface area contributed by atoms with E-state index in [1.807, 2.05) is 6.92 Å². The number of carboxylic acids is 1. The lowest BCUT2D eigenvalue weighted by atomic mass is 10.00. The van der Waals surface area contributed by atoms with Crippen LogP contribution in [0.25, 0.3) is 0 Å². The standard InChI is InChI=1S/C16H24N2O5S.ClH/c1-2-23-14-5-7-15(8-6-14)24(21,22)18-9-3-4-13(12-18)10-17-11-16(19)20;/h5-8,13,17H,2-4,9-12H2,1H3,(H,19,20);1H.